The highest BCUT2D eigenvalue weighted by Gasteiger charge is 2.38. The molecule has 26 heavy (non-hydrogen) atoms. The van der Waals surface area contributed by atoms with Crippen molar-refractivity contribution in [2.75, 3.05) is 24.5 Å². The lowest BCUT2D eigenvalue weighted by molar-refractivity contribution is -0.385. The fourth-order valence-electron chi connectivity index (χ4n) is 2.62. The molecule has 0 saturated carbocycles. The highest BCUT2D eigenvalue weighted by molar-refractivity contribution is 5.81. The van der Waals surface area contributed by atoms with Gasteiger partial charge in [-0.3, -0.25) is 15.0 Å². The van der Waals surface area contributed by atoms with Crippen LogP contribution < -0.4 is 4.90 Å². The number of nitro benzene ring substituents is 1. The number of carbonyl (C=O) groups excluding carboxylic acids is 1. The Morgan fingerprint density at radius 3 is 2.50 bits per heavy atom. The zero-order chi connectivity index (χ0) is 19.6. The number of carboxylic acids is 1. The molecule has 2 rings (SSSR count). The Balaban J connectivity index is 2.21. The fraction of sp³-hybridized carbons (Fsp3) is 0.500. The van der Waals surface area contributed by atoms with Crippen molar-refractivity contribution >= 4 is 23.4 Å². The van der Waals surface area contributed by atoms with Crippen molar-refractivity contribution in [1.29, 1.82) is 0 Å². The SMILES string of the molecule is CC(C)(C)OC(=O)N1CCN(c2ccc([N+](=O)[O-])cc2F)CC1C(=O)O. The Hall–Kier alpha value is -2.91. The monoisotopic (exact) mass is 369 g/mol. The van der Waals surface area contributed by atoms with Gasteiger partial charge in [0.1, 0.15) is 11.6 Å². The number of halogens is 1. The van der Waals surface area contributed by atoms with Crippen molar-refractivity contribution in [2.45, 2.75) is 32.4 Å². The number of piperazine rings is 1. The van der Waals surface area contributed by atoms with Crippen LogP contribution >= 0.6 is 0 Å². The molecule has 1 aromatic carbocycles. The topological polar surface area (TPSA) is 113 Å². The predicted molar refractivity (Wildman–Crippen MR) is 89.6 cm³/mol. The van der Waals surface area contributed by atoms with Crippen molar-refractivity contribution in [1.82, 2.24) is 4.90 Å². The molecule has 0 aliphatic carbocycles. The van der Waals surface area contributed by atoms with Gasteiger partial charge in [-0.15, -0.1) is 0 Å². The molecule has 1 N–H and O–H groups in total. The van der Waals surface area contributed by atoms with Gasteiger partial charge < -0.3 is 14.7 Å². The summed E-state index contributed by atoms with van der Waals surface area (Å²) in [7, 11) is 0. The van der Waals surface area contributed by atoms with Crippen LogP contribution in [0.4, 0.5) is 20.6 Å². The second kappa shape index (κ2) is 7.14. The summed E-state index contributed by atoms with van der Waals surface area (Å²) in [6.07, 6.45) is -0.756. The molecule has 142 valence electrons. The zero-order valence-electron chi connectivity index (χ0n) is 14.6. The fourth-order valence-corrected chi connectivity index (χ4v) is 2.62. The average Bonchev–Trinajstić information content (AvgIpc) is 2.52. The van der Waals surface area contributed by atoms with Gasteiger partial charge in [0.05, 0.1) is 16.7 Å². The van der Waals surface area contributed by atoms with E-state index in [1.165, 1.54) is 11.0 Å². The lowest BCUT2D eigenvalue weighted by Gasteiger charge is -2.40. The molecule has 0 spiro atoms. The standard InChI is InChI=1S/C16H20FN3O6/c1-16(2,3)26-15(23)19-7-6-18(9-13(19)14(21)22)12-5-4-10(20(24)25)8-11(12)17/h4-5,8,13H,6-7,9H2,1-3H3,(H,21,22). The van der Waals surface area contributed by atoms with Gasteiger partial charge in [0.25, 0.3) is 5.69 Å². The average molecular weight is 369 g/mol. The lowest BCUT2D eigenvalue weighted by Crippen LogP contribution is -2.59. The van der Waals surface area contributed by atoms with E-state index in [-0.39, 0.29) is 25.3 Å². The summed E-state index contributed by atoms with van der Waals surface area (Å²) in [6.45, 7) is 5.03. The molecule has 1 fully saturated rings. The summed E-state index contributed by atoms with van der Waals surface area (Å²) in [5.41, 5.74) is -1.12. The lowest BCUT2D eigenvalue weighted by atomic mass is 10.1. The van der Waals surface area contributed by atoms with Crippen molar-refractivity contribution < 1.29 is 28.7 Å². The number of carbonyl (C=O) groups is 2. The maximum absolute atomic E-state index is 14.2. The molecule has 1 atom stereocenters. The summed E-state index contributed by atoms with van der Waals surface area (Å²) in [4.78, 5) is 36.3. The van der Waals surface area contributed by atoms with E-state index >= 15 is 0 Å². The number of amides is 1. The molecule has 9 nitrogen and oxygen atoms in total. The molecule has 1 aromatic rings. The third-order valence-corrected chi connectivity index (χ3v) is 3.78. The van der Waals surface area contributed by atoms with Crippen molar-refractivity contribution in [3.8, 4) is 0 Å². The van der Waals surface area contributed by atoms with Gasteiger partial charge in [0.15, 0.2) is 5.82 Å². The number of hydrogen-bond donors (Lipinski definition) is 1. The largest absolute Gasteiger partial charge is 0.480 e. The molecule has 10 heteroatoms. The van der Waals surface area contributed by atoms with Crippen LogP contribution in [0, 0.1) is 15.9 Å². The number of hydrogen-bond acceptors (Lipinski definition) is 6. The molecular weight excluding hydrogens is 349 g/mol. The van der Waals surface area contributed by atoms with Gasteiger partial charge >= 0.3 is 12.1 Å². The molecule has 1 aliphatic heterocycles. The number of anilines is 1. The number of ether oxygens (including phenoxy) is 1. The van der Waals surface area contributed by atoms with E-state index in [0.717, 1.165) is 17.0 Å². The second-order valence-corrected chi connectivity index (χ2v) is 6.87. The molecule has 1 saturated heterocycles. The van der Waals surface area contributed by atoms with Crippen molar-refractivity contribution in [2.24, 2.45) is 0 Å². The zero-order valence-corrected chi connectivity index (χ0v) is 14.6. The van der Waals surface area contributed by atoms with Crippen LogP contribution in [0.1, 0.15) is 20.8 Å². The number of rotatable bonds is 3. The molecule has 1 unspecified atom stereocenters. The van der Waals surface area contributed by atoms with Crippen LogP contribution in [-0.4, -0.2) is 58.3 Å². The molecule has 0 radical (unpaired) electrons. The minimum Gasteiger partial charge on any atom is -0.480 e. The van der Waals surface area contributed by atoms with Crippen LogP contribution in [0.25, 0.3) is 0 Å². The second-order valence-electron chi connectivity index (χ2n) is 6.87. The van der Waals surface area contributed by atoms with Crippen LogP contribution in [-0.2, 0) is 9.53 Å². The third-order valence-electron chi connectivity index (χ3n) is 3.78. The highest BCUT2D eigenvalue weighted by Crippen LogP contribution is 2.27. The Bertz CT molecular complexity index is 733. The minimum absolute atomic E-state index is 0.0162. The molecule has 1 aliphatic rings. The van der Waals surface area contributed by atoms with E-state index in [2.05, 4.69) is 0 Å². The smallest absolute Gasteiger partial charge is 0.411 e. The Kier molecular flexibility index (Phi) is 5.33. The van der Waals surface area contributed by atoms with Crippen LogP contribution in [0.3, 0.4) is 0 Å². The van der Waals surface area contributed by atoms with Gasteiger partial charge in [-0.2, -0.15) is 0 Å². The van der Waals surface area contributed by atoms with Crippen LogP contribution in [0.5, 0.6) is 0 Å². The maximum Gasteiger partial charge on any atom is 0.411 e. The predicted octanol–water partition coefficient (Wildman–Crippen LogP) is 2.24. The van der Waals surface area contributed by atoms with Gasteiger partial charge in [0.2, 0.25) is 0 Å². The molecule has 0 bridgehead atoms. The van der Waals surface area contributed by atoms with Crippen molar-refractivity contribution in [3.63, 3.8) is 0 Å². The summed E-state index contributed by atoms with van der Waals surface area (Å²) >= 11 is 0. The van der Waals surface area contributed by atoms with E-state index in [1.54, 1.807) is 20.8 Å². The molecule has 1 heterocycles. The number of nitro groups is 1. The van der Waals surface area contributed by atoms with Crippen LogP contribution in [0.15, 0.2) is 18.2 Å². The highest BCUT2D eigenvalue weighted by atomic mass is 19.1. The maximum atomic E-state index is 14.2. The first kappa shape index (κ1) is 19.4. The number of benzene rings is 1. The summed E-state index contributed by atoms with van der Waals surface area (Å²) in [5.74, 6) is -2.07. The van der Waals surface area contributed by atoms with Crippen molar-refractivity contribution in [3.05, 3.63) is 34.1 Å². The van der Waals surface area contributed by atoms with Crippen LogP contribution in [0.2, 0.25) is 0 Å². The minimum atomic E-state index is -1.25. The van der Waals surface area contributed by atoms with E-state index in [4.69, 9.17) is 4.74 Å². The van der Waals surface area contributed by atoms with Gasteiger partial charge in [-0.25, -0.2) is 14.0 Å². The van der Waals surface area contributed by atoms with E-state index in [9.17, 15) is 29.2 Å². The molecular formula is C16H20FN3O6. The Labute approximate surface area is 149 Å². The first-order chi connectivity index (χ1) is 12.0. The summed E-state index contributed by atoms with van der Waals surface area (Å²) in [6, 6.07) is 1.93. The van der Waals surface area contributed by atoms with Gasteiger partial charge in [-0.1, -0.05) is 0 Å². The summed E-state index contributed by atoms with van der Waals surface area (Å²) in [5, 5.41) is 20.2. The molecule has 0 aromatic heterocycles. The first-order valence-corrected chi connectivity index (χ1v) is 7.91. The Morgan fingerprint density at radius 2 is 2.00 bits per heavy atom. The molecule has 1 amide bonds. The van der Waals surface area contributed by atoms with E-state index in [0.29, 0.717) is 0 Å². The van der Waals surface area contributed by atoms with E-state index in [1.807, 2.05) is 0 Å². The third kappa shape index (κ3) is 4.38. The number of aliphatic carboxylic acids is 1. The Morgan fingerprint density at radius 1 is 1.35 bits per heavy atom. The first-order valence-electron chi connectivity index (χ1n) is 7.91. The van der Waals surface area contributed by atoms with Gasteiger partial charge in [0, 0.05) is 25.7 Å². The quantitative estimate of drug-likeness (QED) is 0.642. The number of non-ortho nitro benzene ring substituents is 1. The number of carboxylic acid groups (broad SMARTS) is 1. The van der Waals surface area contributed by atoms with E-state index < -0.39 is 40.1 Å². The normalized spacial score (nSPS) is 17.8. The van der Waals surface area contributed by atoms with Gasteiger partial charge in [-0.05, 0) is 26.8 Å². The number of nitrogens with zero attached hydrogens (tertiary/aromatic N) is 3. The summed E-state index contributed by atoms with van der Waals surface area (Å²) < 4.78 is 19.4.